The van der Waals surface area contributed by atoms with Crippen LogP contribution >= 0.6 is 15.9 Å². The third kappa shape index (κ3) is 2.20. The first-order valence-electron chi connectivity index (χ1n) is 6.03. The molecule has 2 N–H and O–H groups in total. The van der Waals surface area contributed by atoms with Crippen molar-refractivity contribution >= 4 is 32.7 Å². The number of anilines is 1. The minimum atomic E-state index is -0.552. The Morgan fingerprint density at radius 1 is 1.33 bits per heavy atom. The third-order valence-corrected chi connectivity index (χ3v) is 3.96. The zero-order chi connectivity index (χ0) is 12.6. The van der Waals surface area contributed by atoms with Crippen LogP contribution in [0.3, 0.4) is 0 Å². The fourth-order valence-electron chi connectivity index (χ4n) is 2.18. The molecule has 0 radical (unpaired) electrons. The van der Waals surface area contributed by atoms with Crippen molar-refractivity contribution in [2.24, 2.45) is 0 Å². The van der Waals surface area contributed by atoms with Crippen molar-refractivity contribution in [1.29, 1.82) is 0 Å². The summed E-state index contributed by atoms with van der Waals surface area (Å²) >= 11 is 3.45. The van der Waals surface area contributed by atoms with Crippen molar-refractivity contribution in [3.63, 3.8) is 0 Å². The molecule has 18 heavy (non-hydrogen) atoms. The highest BCUT2D eigenvalue weighted by Crippen LogP contribution is 2.32. The van der Waals surface area contributed by atoms with Crippen molar-refractivity contribution in [2.75, 3.05) is 11.9 Å². The zero-order valence-electron chi connectivity index (χ0n) is 9.86. The van der Waals surface area contributed by atoms with Crippen LogP contribution in [0.15, 0.2) is 29.0 Å². The molecular weight excluding hydrogens is 294 g/mol. The molecule has 0 saturated heterocycles. The molecule has 94 valence electrons. The SMILES string of the molecule is OC1(CNc2ncnc3ccc(Br)cc23)CCC1. The molecule has 0 spiro atoms. The highest BCUT2D eigenvalue weighted by atomic mass is 79.9. The topological polar surface area (TPSA) is 58.0 Å². The molecule has 0 atom stereocenters. The lowest BCUT2D eigenvalue weighted by Crippen LogP contribution is -2.43. The molecule has 1 aliphatic carbocycles. The third-order valence-electron chi connectivity index (χ3n) is 3.47. The van der Waals surface area contributed by atoms with Crippen LogP contribution in [0.5, 0.6) is 0 Å². The number of nitrogens with zero attached hydrogens (tertiary/aromatic N) is 2. The van der Waals surface area contributed by atoms with Gasteiger partial charge in [-0.3, -0.25) is 0 Å². The molecule has 0 amide bonds. The smallest absolute Gasteiger partial charge is 0.137 e. The molecule has 0 unspecified atom stereocenters. The van der Waals surface area contributed by atoms with Gasteiger partial charge in [-0.25, -0.2) is 9.97 Å². The molecule has 1 aromatic carbocycles. The van der Waals surface area contributed by atoms with E-state index in [1.54, 1.807) is 6.33 Å². The second-order valence-electron chi connectivity index (χ2n) is 4.82. The molecule has 5 heteroatoms. The minimum Gasteiger partial charge on any atom is -0.388 e. The van der Waals surface area contributed by atoms with Gasteiger partial charge in [0.15, 0.2) is 0 Å². The van der Waals surface area contributed by atoms with Crippen molar-refractivity contribution in [1.82, 2.24) is 9.97 Å². The number of benzene rings is 1. The first-order valence-corrected chi connectivity index (χ1v) is 6.82. The molecule has 3 rings (SSSR count). The Hall–Kier alpha value is -1.20. The van der Waals surface area contributed by atoms with Crippen LogP contribution in [0.4, 0.5) is 5.82 Å². The van der Waals surface area contributed by atoms with Gasteiger partial charge in [-0.1, -0.05) is 15.9 Å². The first kappa shape index (κ1) is 11.9. The largest absolute Gasteiger partial charge is 0.388 e. The van der Waals surface area contributed by atoms with Crippen LogP contribution in [0.1, 0.15) is 19.3 Å². The maximum absolute atomic E-state index is 10.1. The summed E-state index contributed by atoms with van der Waals surface area (Å²) in [6.07, 6.45) is 4.39. The average Bonchev–Trinajstić information content (AvgIpc) is 2.34. The maximum Gasteiger partial charge on any atom is 0.137 e. The van der Waals surface area contributed by atoms with E-state index in [0.29, 0.717) is 6.54 Å². The summed E-state index contributed by atoms with van der Waals surface area (Å²) in [5, 5.41) is 14.3. The fraction of sp³-hybridized carbons (Fsp3) is 0.385. The molecule has 0 aliphatic heterocycles. The quantitative estimate of drug-likeness (QED) is 0.915. The number of hydrogen-bond acceptors (Lipinski definition) is 4. The maximum atomic E-state index is 10.1. The molecule has 4 nitrogen and oxygen atoms in total. The molecule has 1 aromatic heterocycles. The Morgan fingerprint density at radius 2 is 2.17 bits per heavy atom. The van der Waals surface area contributed by atoms with Gasteiger partial charge in [-0.05, 0) is 37.5 Å². The number of rotatable bonds is 3. The van der Waals surface area contributed by atoms with E-state index in [4.69, 9.17) is 0 Å². The summed E-state index contributed by atoms with van der Waals surface area (Å²) < 4.78 is 0.996. The van der Waals surface area contributed by atoms with Crippen LogP contribution in [0, 0.1) is 0 Å². The molecule has 1 fully saturated rings. The predicted molar refractivity (Wildman–Crippen MR) is 74.5 cm³/mol. The van der Waals surface area contributed by atoms with Crippen molar-refractivity contribution in [3.8, 4) is 0 Å². The van der Waals surface area contributed by atoms with Gasteiger partial charge in [-0.2, -0.15) is 0 Å². The van der Waals surface area contributed by atoms with Crippen molar-refractivity contribution in [2.45, 2.75) is 24.9 Å². The van der Waals surface area contributed by atoms with Gasteiger partial charge >= 0.3 is 0 Å². The van der Waals surface area contributed by atoms with Gasteiger partial charge in [-0.15, -0.1) is 0 Å². The Kier molecular flexibility index (Phi) is 2.95. The lowest BCUT2D eigenvalue weighted by atomic mass is 9.80. The minimum absolute atomic E-state index is 0.547. The zero-order valence-corrected chi connectivity index (χ0v) is 11.4. The lowest BCUT2D eigenvalue weighted by Gasteiger charge is -2.36. The highest BCUT2D eigenvalue weighted by molar-refractivity contribution is 9.10. The predicted octanol–water partition coefficient (Wildman–Crippen LogP) is 2.72. The summed E-state index contributed by atoms with van der Waals surface area (Å²) in [5.41, 5.74) is 0.347. The monoisotopic (exact) mass is 307 g/mol. The fourth-order valence-corrected chi connectivity index (χ4v) is 2.54. The van der Waals surface area contributed by atoms with Crippen LogP contribution in [0.2, 0.25) is 0 Å². The average molecular weight is 308 g/mol. The number of halogens is 1. The van der Waals surface area contributed by atoms with Gasteiger partial charge in [0, 0.05) is 16.4 Å². The Labute approximate surface area is 114 Å². The number of hydrogen-bond donors (Lipinski definition) is 2. The van der Waals surface area contributed by atoms with E-state index < -0.39 is 5.60 Å². The van der Waals surface area contributed by atoms with E-state index in [1.165, 1.54) is 0 Å². The Balaban J connectivity index is 1.88. The van der Waals surface area contributed by atoms with E-state index in [1.807, 2.05) is 18.2 Å². The molecule has 0 bridgehead atoms. The van der Waals surface area contributed by atoms with Crippen LogP contribution in [-0.4, -0.2) is 27.2 Å². The number of fused-ring (bicyclic) bond motifs is 1. The summed E-state index contributed by atoms with van der Waals surface area (Å²) in [6, 6.07) is 5.89. The van der Waals surface area contributed by atoms with Gasteiger partial charge in [0.1, 0.15) is 12.1 Å². The van der Waals surface area contributed by atoms with E-state index >= 15 is 0 Å². The number of aliphatic hydroxyl groups is 1. The standard InChI is InChI=1S/C13H14BrN3O/c14-9-2-3-11-10(6-9)12(17-8-16-11)15-7-13(18)4-1-5-13/h2-3,6,8,18H,1,4-5,7H2,(H,15,16,17). The first-order chi connectivity index (χ1) is 8.66. The van der Waals surface area contributed by atoms with Crippen LogP contribution in [0.25, 0.3) is 10.9 Å². The number of nitrogens with one attached hydrogen (secondary N) is 1. The van der Waals surface area contributed by atoms with Crippen molar-refractivity contribution < 1.29 is 5.11 Å². The molecular formula is C13H14BrN3O. The summed E-state index contributed by atoms with van der Waals surface area (Å²) in [5.74, 6) is 0.779. The Bertz CT molecular complexity index is 583. The van der Waals surface area contributed by atoms with Crippen LogP contribution in [-0.2, 0) is 0 Å². The van der Waals surface area contributed by atoms with Gasteiger partial charge in [0.2, 0.25) is 0 Å². The second-order valence-corrected chi connectivity index (χ2v) is 5.73. The number of aromatic nitrogens is 2. The van der Waals surface area contributed by atoms with Crippen molar-refractivity contribution in [3.05, 3.63) is 29.0 Å². The molecule has 1 heterocycles. The molecule has 1 saturated carbocycles. The van der Waals surface area contributed by atoms with E-state index in [2.05, 4.69) is 31.2 Å². The molecule has 1 aliphatic rings. The summed E-state index contributed by atoms with van der Waals surface area (Å²) in [4.78, 5) is 8.48. The normalized spacial score (nSPS) is 17.4. The lowest BCUT2D eigenvalue weighted by molar-refractivity contribution is -0.0202. The summed E-state index contributed by atoms with van der Waals surface area (Å²) in [7, 11) is 0. The van der Waals surface area contributed by atoms with Gasteiger partial charge < -0.3 is 10.4 Å². The highest BCUT2D eigenvalue weighted by Gasteiger charge is 2.34. The van der Waals surface area contributed by atoms with Gasteiger partial charge in [0.25, 0.3) is 0 Å². The van der Waals surface area contributed by atoms with E-state index in [0.717, 1.165) is 40.5 Å². The van der Waals surface area contributed by atoms with Crippen LogP contribution < -0.4 is 5.32 Å². The summed E-state index contributed by atoms with van der Waals surface area (Å²) in [6.45, 7) is 0.547. The molecule has 2 aromatic rings. The second kappa shape index (κ2) is 4.48. The van der Waals surface area contributed by atoms with Gasteiger partial charge in [0.05, 0.1) is 11.1 Å². The van der Waals surface area contributed by atoms with E-state index in [9.17, 15) is 5.11 Å². The van der Waals surface area contributed by atoms with E-state index in [-0.39, 0.29) is 0 Å². The Morgan fingerprint density at radius 3 is 2.89 bits per heavy atom.